The number of rotatable bonds is 3. The Morgan fingerprint density at radius 1 is 1.05 bits per heavy atom. The van der Waals surface area contributed by atoms with Crippen LogP contribution < -0.4 is 10.6 Å². The van der Waals surface area contributed by atoms with E-state index in [1.54, 1.807) is 0 Å². The average Bonchev–Trinajstić information content (AvgIpc) is 2.66. The number of piperidine rings is 1. The van der Waals surface area contributed by atoms with Crippen molar-refractivity contribution in [2.75, 3.05) is 13.1 Å². The highest BCUT2D eigenvalue weighted by Crippen LogP contribution is 2.24. The number of carbonyl (C=O) groups is 1. The number of carbonyl (C=O) groups excluding carboxylic acids is 1. The lowest BCUT2D eigenvalue weighted by Gasteiger charge is -2.38. The molecule has 1 heterocycles. The van der Waals surface area contributed by atoms with Crippen molar-refractivity contribution in [2.24, 2.45) is 0 Å². The molecule has 1 aliphatic heterocycles. The second-order valence-corrected chi connectivity index (χ2v) is 6.75. The molecule has 0 radical (unpaired) electrons. The largest absolute Gasteiger partial charge is 0.336 e. The fourth-order valence-corrected chi connectivity index (χ4v) is 3.57. The van der Waals surface area contributed by atoms with Gasteiger partial charge in [-0.15, -0.1) is 0 Å². The molecular formula is C16H31N3O. The van der Waals surface area contributed by atoms with Gasteiger partial charge >= 0.3 is 6.03 Å². The third-order valence-electron chi connectivity index (χ3n) is 4.55. The van der Waals surface area contributed by atoms with Gasteiger partial charge in [0.05, 0.1) is 0 Å². The second-order valence-electron chi connectivity index (χ2n) is 6.75. The summed E-state index contributed by atoms with van der Waals surface area (Å²) in [6.07, 6.45) is 10.6. The molecule has 1 saturated carbocycles. The van der Waals surface area contributed by atoms with Crippen molar-refractivity contribution in [2.45, 2.75) is 83.3 Å². The highest BCUT2D eigenvalue weighted by molar-refractivity contribution is 5.74. The molecule has 0 bridgehead atoms. The van der Waals surface area contributed by atoms with Gasteiger partial charge in [0.2, 0.25) is 0 Å². The van der Waals surface area contributed by atoms with E-state index in [9.17, 15) is 4.79 Å². The average molecular weight is 281 g/mol. The lowest BCUT2D eigenvalue weighted by atomic mass is 10.00. The van der Waals surface area contributed by atoms with Crippen LogP contribution in [0.25, 0.3) is 0 Å². The molecule has 1 saturated heterocycles. The number of likely N-dealkylation sites (tertiary alicyclic amines) is 1. The molecule has 4 nitrogen and oxygen atoms in total. The predicted molar refractivity (Wildman–Crippen MR) is 82.9 cm³/mol. The number of amides is 2. The third kappa shape index (κ3) is 4.97. The number of hydrogen-bond acceptors (Lipinski definition) is 2. The van der Waals surface area contributed by atoms with E-state index in [1.807, 2.05) is 13.8 Å². The molecule has 2 rings (SSSR count). The standard InChI is InChI=1S/C16H31N3O/c1-13(2)17-16(20)18-14-8-7-11-19(12-14)15-9-5-3-4-6-10-15/h13-15H,3-12H2,1-2H3,(H2,17,18,20)/t14-/m0/s1. The maximum Gasteiger partial charge on any atom is 0.315 e. The summed E-state index contributed by atoms with van der Waals surface area (Å²) in [7, 11) is 0. The van der Waals surface area contributed by atoms with E-state index >= 15 is 0 Å². The van der Waals surface area contributed by atoms with Crippen LogP contribution >= 0.6 is 0 Å². The molecule has 116 valence electrons. The van der Waals surface area contributed by atoms with Crippen LogP contribution in [0.5, 0.6) is 0 Å². The summed E-state index contributed by atoms with van der Waals surface area (Å²) in [5.74, 6) is 0. The van der Waals surface area contributed by atoms with Gasteiger partial charge in [0.1, 0.15) is 0 Å². The molecule has 1 aliphatic carbocycles. The van der Waals surface area contributed by atoms with Crippen LogP contribution in [0.4, 0.5) is 4.79 Å². The van der Waals surface area contributed by atoms with Crippen molar-refractivity contribution >= 4 is 6.03 Å². The Labute approximate surface area is 123 Å². The number of nitrogens with one attached hydrogen (secondary N) is 2. The summed E-state index contributed by atoms with van der Waals surface area (Å²) in [6.45, 7) is 6.25. The minimum atomic E-state index is -0.00674. The third-order valence-corrected chi connectivity index (χ3v) is 4.55. The molecule has 1 atom stereocenters. The highest BCUT2D eigenvalue weighted by atomic mass is 16.2. The summed E-state index contributed by atoms with van der Waals surface area (Å²) in [4.78, 5) is 14.5. The molecule has 2 N–H and O–H groups in total. The monoisotopic (exact) mass is 281 g/mol. The van der Waals surface area contributed by atoms with Crippen molar-refractivity contribution in [1.82, 2.24) is 15.5 Å². The van der Waals surface area contributed by atoms with Crippen LogP contribution in [-0.2, 0) is 0 Å². The van der Waals surface area contributed by atoms with Crippen LogP contribution in [0.15, 0.2) is 0 Å². The van der Waals surface area contributed by atoms with E-state index in [1.165, 1.54) is 51.5 Å². The van der Waals surface area contributed by atoms with Crippen LogP contribution in [0, 0.1) is 0 Å². The molecular weight excluding hydrogens is 250 g/mol. The Bertz CT molecular complexity index is 298. The fraction of sp³-hybridized carbons (Fsp3) is 0.938. The topological polar surface area (TPSA) is 44.4 Å². The zero-order chi connectivity index (χ0) is 14.4. The first-order chi connectivity index (χ1) is 9.65. The molecule has 20 heavy (non-hydrogen) atoms. The summed E-state index contributed by atoms with van der Waals surface area (Å²) >= 11 is 0. The number of urea groups is 1. The van der Waals surface area contributed by atoms with Gasteiger partial charge in [0, 0.05) is 24.7 Å². The van der Waals surface area contributed by atoms with Crippen molar-refractivity contribution in [3.8, 4) is 0 Å². The van der Waals surface area contributed by atoms with E-state index in [-0.39, 0.29) is 12.1 Å². The molecule has 0 aromatic carbocycles. The summed E-state index contributed by atoms with van der Waals surface area (Å²) in [5.41, 5.74) is 0. The molecule has 0 spiro atoms. The van der Waals surface area contributed by atoms with E-state index in [0.717, 1.165) is 19.0 Å². The van der Waals surface area contributed by atoms with Gasteiger partial charge in [-0.25, -0.2) is 4.79 Å². The summed E-state index contributed by atoms with van der Waals surface area (Å²) in [5, 5.41) is 6.07. The van der Waals surface area contributed by atoms with E-state index in [2.05, 4.69) is 15.5 Å². The maximum atomic E-state index is 11.8. The quantitative estimate of drug-likeness (QED) is 0.781. The minimum absolute atomic E-state index is 0.00674. The number of hydrogen-bond donors (Lipinski definition) is 2. The van der Waals surface area contributed by atoms with Crippen LogP contribution in [0.2, 0.25) is 0 Å². The fourth-order valence-electron chi connectivity index (χ4n) is 3.57. The Hall–Kier alpha value is -0.770. The van der Waals surface area contributed by atoms with Crippen molar-refractivity contribution in [3.63, 3.8) is 0 Å². The zero-order valence-corrected chi connectivity index (χ0v) is 13.2. The maximum absolute atomic E-state index is 11.8. The van der Waals surface area contributed by atoms with E-state index in [4.69, 9.17) is 0 Å². The Kier molecular flexibility index (Phi) is 6.14. The Balaban J connectivity index is 1.80. The minimum Gasteiger partial charge on any atom is -0.336 e. The summed E-state index contributed by atoms with van der Waals surface area (Å²) in [6, 6.07) is 1.28. The van der Waals surface area contributed by atoms with Crippen LogP contribution in [-0.4, -0.2) is 42.1 Å². The Morgan fingerprint density at radius 3 is 2.40 bits per heavy atom. The SMILES string of the molecule is CC(C)NC(=O)N[C@H]1CCCN(C2CCCCCC2)C1. The van der Waals surface area contributed by atoms with Gasteiger partial charge in [-0.1, -0.05) is 25.7 Å². The normalized spacial score (nSPS) is 26.2. The van der Waals surface area contributed by atoms with E-state index in [0.29, 0.717) is 6.04 Å². The lowest BCUT2D eigenvalue weighted by Crippen LogP contribution is -2.53. The van der Waals surface area contributed by atoms with Crippen molar-refractivity contribution in [1.29, 1.82) is 0 Å². The first-order valence-corrected chi connectivity index (χ1v) is 8.46. The molecule has 0 unspecified atom stereocenters. The van der Waals surface area contributed by atoms with Gasteiger partial charge in [-0.05, 0) is 46.1 Å². The van der Waals surface area contributed by atoms with Gasteiger partial charge in [0.15, 0.2) is 0 Å². The first-order valence-electron chi connectivity index (χ1n) is 8.46. The van der Waals surface area contributed by atoms with Crippen LogP contribution in [0.3, 0.4) is 0 Å². The highest BCUT2D eigenvalue weighted by Gasteiger charge is 2.27. The molecule has 2 aliphatic rings. The number of nitrogens with zero attached hydrogens (tertiary/aromatic N) is 1. The lowest BCUT2D eigenvalue weighted by molar-refractivity contribution is 0.126. The van der Waals surface area contributed by atoms with Crippen LogP contribution in [0.1, 0.15) is 65.2 Å². The van der Waals surface area contributed by atoms with Gasteiger partial charge in [0.25, 0.3) is 0 Å². The van der Waals surface area contributed by atoms with Gasteiger partial charge in [-0.2, -0.15) is 0 Å². The Morgan fingerprint density at radius 2 is 1.75 bits per heavy atom. The predicted octanol–water partition coefficient (Wildman–Crippen LogP) is 2.88. The van der Waals surface area contributed by atoms with Gasteiger partial charge in [-0.3, -0.25) is 4.90 Å². The molecule has 4 heteroatoms. The second kappa shape index (κ2) is 7.87. The molecule has 0 aromatic rings. The smallest absolute Gasteiger partial charge is 0.315 e. The molecule has 2 fully saturated rings. The van der Waals surface area contributed by atoms with E-state index < -0.39 is 0 Å². The van der Waals surface area contributed by atoms with Crippen molar-refractivity contribution < 1.29 is 4.79 Å². The molecule has 2 amide bonds. The van der Waals surface area contributed by atoms with Gasteiger partial charge < -0.3 is 10.6 Å². The zero-order valence-electron chi connectivity index (χ0n) is 13.2. The van der Waals surface area contributed by atoms with Crippen molar-refractivity contribution in [3.05, 3.63) is 0 Å². The summed E-state index contributed by atoms with van der Waals surface area (Å²) < 4.78 is 0. The molecule has 0 aromatic heterocycles. The first kappa shape index (κ1) is 15.6.